The molecule has 0 saturated heterocycles. The molecule has 1 N–H and O–H groups in total. The molecule has 0 saturated carbocycles. The number of ketones is 1. The number of aromatic nitrogens is 1. The van der Waals surface area contributed by atoms with Crippen molar-refractivity contribution < 1.29 is 29.0 Å². The smallest absolute Gasteiger partial charge is 0.340 e. The topological polar surface area (TPSA) is 103 Å². The maximum atomic E-state index is 12.1. The zero-order valence-electron chi connectivity index (χ0n) is 12.8. The van der Waals surface area contributed by atoms with Crippen LogP contribution in [0.25, 0.3) is 0 Å². The van der Waals surface area contributed by atoms with E-state index in [0.29, 0.717) is 11.6 Å². The second-order valence-corrected chi connectivity index (χ2v) is 4.56. The Balaban J connectivity index is 3.53. The fourth-order valence-electron chi connectivity index (χ4n) is 2.26. The molecule has 22 heavy (non-hydrogen) atoms. The van der Waals surface area contributed by atoms with Gasteiger partial charge >= 0.3 is 11.9 Å². The van der Waals surface area contributed by atoms with Crippen LogP contribution >= 0.6 is 0 Å². The predicted molar refractivity (Wildman–Crippen MR) is 77.3 cm³/mol. The molecule has 1 heterocycles. The molecule has 0 bridgehead atoms. The molecule has 0 spiro atoms. The summed E-state index contributed by atoms with van der Waals surface area (Å²) in [5.41, 5.74) is 0.756. The highest BCUT2D eigenvalue weighted by atomic mass is 16.5. The third kappa shape index (κ3) is 3.30. The van der Waals surface area contributed by atoms with Crippen molar-refractivity contribution >= 4 is 23.6 Å². The van der Waals surface area contributed by atoms with E-state index in [1.165, 1.54) is 13.8 Å². The van der Waals surface area contributed by atoms with Crippen molar-refractivity contribution in [3.8, 4) is 0 Å². The van der Waals surface area contributed by atoms with E-state index in [1.54, 1.807) is 13.8 Å². The zero-order chi connectivity index (χ0) is 17.0. The van der Waals surface area contributed by atoms with Gasteiger partial charge in [0.25, 0.3) is 5.91 Å². The number of esters is 1. The van der Waals surface area contributed by atoms with Crippen LogP contribution in [-0.2, 0) is 9.53 Å². The van der Waals surface area contributed by atoms with Gasteiger partial charge in [-0.05, 0) is 26.3 Å². The standard InChI is InChI=1S/C15H17NO6/c1-5-22-15(21)13-8(2)14(10(4)17)16(9(13)3)11(18)6-7-12(19)20/h6-7H,5H2,1-4H3,(H,19,20)/b7-6-. The minimum Gasteiger partial charge on any atom is -0.478 e. The number of carbonyl (C=O) groups is 4. The zero-order valence-corrected chi connectivity index (χ0v) is 12.8. The van der Waals surface area contributed by atoms with Gasteiger partial charge in [-0.3, -0.25) is 14.2 Å². The summed E-state index contributed by atoms with van der Waals surface area (Å²) in [6.07, 6.45) is 1.50. The van der Waals surface area contributed by atoms with Crippen molar-refractivity contribution in [1.29, 1.82) is 0 Å². The summed E-state index contributed by atoms with van der Waals surface area (Å²) in [6, 6.07) is 0. The van der Waals surface area contributed by atoms with Crippen molar-refractivity contribution in [3.05, 3.63) is 34.7 Å². The molecule has 7 heteroatoms. The highest BCUT2D eigenvalue weighted by Gasteiger charge is 2.27. The van der Waals surface area contributed by atoms with Crippen LogP contribution in [0.5, 0.6) is 0 Å². The first kappa shape index (κ1) is 17.4. The first-order valence-electron chi connectivity index (χ1n) is 6.57. The molecule has 0 aromatic carbocycles. The molecule has 1 aromatic heterocycles. The number of ether oxygens (including phenoxy) is 1. The maximum Gasteiger partial charge on any atom is 0.340 e. The largest absolute Gasteiger partial charge is 0.478 e. The van der Waals surface area contributed by atoms with E-state index in [1.807, 2.05) is 0 Å². The second kappa shape index (κ2) is 6.84. The first-order chi connectivity index (χ1) is 10.2. The van der Waals surface area contributed by atoms with Crippen LogP contribution in [0.3, 0.4) is 0 Å². The van der Waals surface area contributed by atoms with Crippen LogP contribution in [0, 0.1) is 13.8 Å². The molecule has 0 atom stereocenters. The van der Waals surface area contributed by atoms with Crippen molar-refractivity contribution in [1.82, 2.24) is 4.57 Å². The lowest BCUT2D eigenvalue weighted by molar-refractivity contribution is -0.131. The van der Waals surface area contributed by atoms with Gasteiger partial charge in [-0.15, -0.1) is 0 Å². The van der Waals surface area contributed by atoms with Crippen LogP contribution in [0.4, 0.5) is 0 Å². The van der Waals surface area contributed by atoms with E-state index < -0.39 is 23.6 Å². The summed E-state index contributed by atoms with van der Waals surface area (Å²) >= 11 is 0. The lowest BCUT2D eigenvalue weighted by atomic mass is 10.1. The maximum absolute atomic E-state index is 12.1. The Hall–Kier alpha value is -2.70. The highest BCUT2D eigenvalue weighted by Crippen LogP contribution is 2.24. The molecular weight excluding hydrogens is 290 g/mol. The lowest BCUT2D eigenvalue weighted by Crippen LogP contribution is -2.16. The van der Waals surface area contributed by atoms with E-state index in [4.69, 9.17) is 9.84 Å². The molecule has 1 aromatic rings. The molecular formula is C15H17NO6. The number of hydrogen-bond donors (Lipinski definition) is 1. The van der Waals surface area contributed by atoms with Crippen molar-refractivity contribution in [2.75, 3.05) is 6.61 Å². The van der Waals surface area contributed by atoms with Gasteiger partial charge < -0.3 is 9.84 Å². The normalized spacial score (nSPS) is 10.7. The number of allylic oxidation sites excluding steroid dienone is 1. The number of nitrogens with zero attached hydrogens (tertiary/aromatic N) is 1. The van der Waals surface area contributed by atoms with E-state index >= 15 is 0 Å². The lowest BCUT2D eigenvalue weighted by Gasteiger charge is -2.05. The molecule has 0 aliphatic heterocycles. The fraction of sp³-hybridized carbons (Fsp3) is 0.333. The molecule has 7 nitrogen and oxygen atoms in total. The Morgan fingerprint density at radius 1 is 1.18 bits per heavy atom. The van der Waals surface area contributed by atoms with Crippen LogP contribution in [0.15, 0.2) is 12.2 Å². The third-order valence-corrected chi connectivity index (χ3v) is 3.05. The molecule has 0 radical (unpaired) electrons. The summed E-state index contributed by atoms with van der Waals surface area (Å²) in [6.45, 7) is 6.11. The Labute approximate surface area is 127 Å². The van der Waals surface area contributed by atoms with Gasteiger partial charge in [-0.25, -0.2) is 9.59 Å². The number of aliphatic carboxylic acids is 1. The number of carbonyl (C=O) groups excluding carboxylic acids is 3. The van der Waals surface area contributed by atoms with Gasteiger partial charge in [0.2, 0.25) is 0 Å². The molecule has 0 aliphatic rings. The summed E-state index contributed by atoms with van der Waals surface area (Å²) in [4.78, 5) is 46.5. The number of rotatable bonds is 5. The number of Topliss-reactive ketones (excluding diaryl/α,β-unsaturated/α-hetero) is 1. The Kier molecular flexibility index (Phi) is 5.39. The molecule has 0 fully saturated rings. The first-order valence-corrected chi connectivity index (χ1v) is 6.57. The van der Waals surface area contributed by atoms with Crippen molar-refractivity contribution in [2.45, 2.75) is 27.7 Å². The number of hydrogen-bond acceptors (Lipinski definition) is 5. The fourth-order valence-corrected chi connectivity index (χ4v) is 2.26. The average molecular weight is 307 g/mol. The van der Waals surface area contributed by atoms with Crippen molar-refractivity contribution in [3.63, 3.8) is 0 Å². The average Bonchev–Trinajstić information content (AvgIpc) is 2.67. The highest BCUT2D eigenvalue weighted by molar-refractivity contribution is 6.07. The SMILES string of the molecule is CCOC(=O)c1c(C)c(C(C)=O)n(C(=O)/C=C\C(=O)O)c1C. The van der Waals surface area contributed by atoms with Gasteiger partial charge in [0.15, 0.2) is 5.78 Å². The minimum atomic E-state index is -1.29. The predicted octanol–water partition coefficient (Wildman–Crippen LogP) is 1.77. The van der Waals surface area contributed by atoms with Crippen LogP contribution in [0.1, 0.15) is 50.7 Å². The minimum absolute atomic E-state index is 0.0422. The van der Waals surface area contributed by atoms with E-state index in [0.717, 1.165) is 10.6 Å². The Morgan fingerprint density at radius 2 is 1.77 bits per heavy atom. The summed E-state index contributed by atoms with van der Waals surface area (Å²) in [5.74, 6) is -3.05. The molecule has 0 unspecified atom stereocenters. The van der Waals surface area contributed by atoms with Crippen molar-refractivity contribution in [2.24, 2.45) is 0 Å². The summed E-state index contributed by atoms with van der Waals surface area (Å²) < 4.78 is 5.96. The quantitative estimate of drug-likeness (QED) is 0.505. The van der Waals surface area contributed by atoms with Crippen LogP contribution < -0.4 is 0 Å². The van der Waals surface area contributed by atoms with E-state index in [2.05, 4.69) is 0 Å². The monoisotopic (exact) mass is 307 g/mol. The number of carboxylic acids is 1. The van der Waals surface area contributed by atoms with Gasteiger partial charge in [0, 0.05) is 24.8 Å². The van der Waals surface area contributed by atoms with Gasteiger partial charge in [0.05, 0.1) is 17.9 Å². The summed E-state index contributed by atoms with van der Waals surface area (Å²) in [7, 11) is 0. The molecule has 0 amide bonds. The Bertz CT molecular complexity index is 681. The molecule has 118 valence electrons. The molecule has 1 rings (SSSR count). The Morgan fingerprint density at radius 3 is 2.23 bits per heavy atom. The van der Waals surface area contributed by atoms with Gasteiger partial charge in [-0.2, -0.15) is 0 Å². The summed E-state index contributed by atoms with van der Waals surface area (Å²) in [5, 5.41) is 8.59. The van der Waals surface area contributed by atoms with E-state index in [-0.39, 0.29) is 23.6 Å². The molecule has 0 aliphatic carbocycles. The van der Waals surface area contributed by atoms with Gasteiger partial charge in [-0.1, -0.05) is 0 Å². The van der Waals surface area contributed by atoms with E-state index in [9.17, 15) is 19.2 Å². The van der Waals surface area contributed by atoms with Gasteiger partial charge in [0.1, 0.15) is 0 Å². The second-order valence-electron chi connectivity index (χ2n) is 4.56. The number of carboxylic acid groups (broad SMARTS) is 1. The van der Waals surface area contributed by atoms with Crippen LogP contribution in [0.2, 0.25) is 0 Å². The third-order valence-electron chi connectivity index (χ3n) is 3.05. The van der Waals surface area contributed by atoms with Crippen LogP contribution in [-0.4, -0.2) is 39.9 Å².